The van der Waals surface area contributed by atoms with Gasteiger partial charge < -0.3 is 5.32 Å². The number of nitrogens with zero attached hydrogens (tertiary/aromatic N) is 1. The number of hydrogen-bond acceptors (Lipinski definition) is 2. The summed E-state index contributed by atoms with van der Waals surface area (Å²) >= 11 is 5.62. The maximum absolute atomic E-state index is 12.8. The van der Waals surface area contributed by atoms with Gasteiger partial charge in [0.1, 0.15) is 5.82 Å². The topological polar surface area (TPSA) is 35.8 Å². The maximum Gasteiger partial charge on any atom is 0.141 e. The summed E-state index contributed by atoms with van der Waals surface area (Å²) < 4.78 is 12.8. The molecule has 0 aliphatic rings. The van der Waals surface area contributed by atoms with Gasteiger partial charge in [-0.1, -0.05) is 11.6 Å². The summed E-state index contributed by atoms with van der Waals surface area (Å²) in [5.74, 6) is -0.443. The number of nitrogens with one attached hydrogen (secondary N) is 1. The van der Waals surface area contributed by atoms with Crippen LogP contribution < -0.4 is 5.32 Å². The number of anilines is 1. The number of halogens is 2. The van der Waals surface area contributed by atoms with Crippen molar-refractivity contribution in [2.45, 2.75) is 13.8 Å². The highest BCUT2D eigenvalue weighted by atomic mass is 35.5. The Bertz CT molecular complexity index is 396. The molecule has 1 N–H and O–H groups in total. The Hall–Kier alpha value is -1.27. The SMILES string of the molecule is CC(C)(C#N)CNc1ccc(F)c(Cl)c1. The van der Waals surface area contributed by atoms with E-state index >= 15 is 0 Å². The molecule has 0 saturated heterocycles. The van der Waals surface area contributed by atoms with Crippen LogP contribution >= 0.6 is 11.6 Å². The molecule has 0 bridgehead atoms. The zero-order valence-corrected chi connectivity index (χ0v) is 9.40. The first-order valence-electron chi connectivity index (χ1n) is 4.55. The van der Waals surface area contributed by atoms with Crippen LogP contribution in [0, 0.1) is 22.6 Å². The first-order valence-corrected chi connectivity index (χ1v) is 4.92. The Morgan fingerprint density at radius 2 is 2.20 bits per heavy atom. The Balaban J connectivity index is 2.67. The third-order valence-electron chi connectivity index (χ3n) is 1.96. The lowest BCUT2D eigenvalue weighted by Gasteiger charge is -2.16. The first kappa shape index (κ1) is 11.8. The number of benzene rings is 1. The first-order chi connectivity index (χ1) is 6.94. The summed E-state index contributed by atoms with van der Waals surface area (Å²) in [5.41, 5.74) is 0.255. The fraction of sp³-hybridized carbons (Fsp3) is 0.364. The highest BCUT2D eigenvalue weighted by Gasteiger charge is 2.15. The fourth-order valence-corrected chi connectivity index (χ4v) is 1.15. The van der Waals surface area contributed by atoms with Gasteiger partial charge in [-0.15, -0.1) is 0 Å². The van der Waals surface area contributed by atoms with E-state index in [2.05, 4.69) is 11.4 Å². The second kappa shape index (κ2) is 4.50. The van der Waals surface area contributed by atoms with Crippen LogP contribution in [-0.2, 0) is 0 Å². The lowest BCUT2D eigenvalue weighted by atomic mass is 9.96. The van der Waals surface area contributed by atoms with Gasteiger partial charge in [0.15, 0.2) is 0 Å². The molecular weight excluding hydrogens is 215 g/mol. The molecule has 0 aromatic heterocycles. The maximum atomic E-state index is 12.8. The van der Waals surface area contributed by atoms with E-state index in [1.165, 1.54) is 12.1 Å². The minimum absolute atomic E-state index is 0.0785. The van der Waals surface area contributed by atoms with Crippen LogP contribution in [0.15, 0.2) is 18.2 Å². The van der Waals surface area contributed by atoms with Crippen molar-refractivity contribution in [3.05, 3.63) is 29.0 Å². The van der Waals surface area contributed by atoms with E-state index in [9.17, 15) is 4.39 Å². The molecule has 0 aliphatic heterocycles. The summed E-state index contributed by atoms with van der Waals surface area (Å²) in [7, 11) is 0. The van der Waals surface area contributed by atoms with Gasteiger partial charge >= 0.3 is 0 Å². The van der Waals surface area contributed by atoms with Gasteiger partial charge in [0.2, 0.25) is 0 Å². The molecule has 0 radical (unpaired) electrons. The van der Waals surface area contributed by atoms with Gasteiger partial charge in [0.25, 0.3) is 0 Å². The molecule has 1 rings (SSSR count). The van der Waals surface area contributed by atoms with Gasteiger partial charge in [-0.05, 0) is 32.0 Å². The summed E-state index contributed by atoms with van der Waals surface area (Å²) in [4.78, 5) is 0. The molecule has 1 aromatic rings. The van der Waals surface area contributed by atoms with Crippen LogP contribution in [0.3, 0.4) is 0 Å². The fourth-order valence-electron chi connectivity index (χ4n) is 0.969. The monoisotopic (exact) mass is 226 g/mol. The Morgan fingerprint density at radius 3 is 2.73 bits per heavy atom. The minimum Gasteiger partial charge on any atom is -0.383 e. The van der Waals surface area contributed by atoms with Crippen molar-refractivity contribution in [1.29, 1.82) is 5.26 Å². The largest absolute Gasteiger partial charge is 0.383 e. The quantitative estimate of drug-likeness (QED) is 0.857. The highest BCUT2D eigenvalue weighted by Crippen LogP contribution is 2.21. The van der Waals surface area contributed by atoms with E-state index in [0.29, 0.717) is 12.2 Å². The predicted octanol–water partition coefficient (Wildman–Crippen LogP) is 3.44. The van der Waals surface area contributed by atoms with E-state index < -0.39 is 11.2 Å². The standard InChI is InChI=1S/C11H12ClFN2/c1-11(2,6-14)7-15-8-3-4-10(13)9(12)5-8/h3-5,15H,7H2,1-2H3. The van der Waals surface area contributed by atoms with Crippen molar-refractivity contribution < 1.29 is 4.39 Å². The van der Waals surface area contributed by atoms with Crippen molar-refractivity contribution in [3.8, 4) is 6.07 Å². The molecule has 0 atom stereocenters. The molecule has 0 amide bonds. The van der Waals surface area contributed by atoms with E-state index in [-0.39, 0.29) is 5.02 Å². The summed E-state index contributed by atoms with van der Waals surface area (Å²) in [6.07, 6.45) is 0. The van der Waals surface area contributed by atoms with E-state index in [1.54, 1.807) is 6.07 Å². The van der Waals surface area contributed by atoms with Crippen molar-refractivity contribution in [2.24, 2.45) is 5.41 Å². The number of rotatable bonds is 3. The Labute approximate surface area is 93.7 Å². The molecule has 0 saturated carbocycles. The normalized spacial score (nSPS) is 10.9. The summed E-state index contributed by atoms with van der Waals surface area (Å²) in [6.45, 7) is 4.14. The molecule has 4 heteroatoms. The average molecular weight is 227 g/mol. The van der Waals surface area contributed by atoms with Gasteiger partial charge in [-0.3, -0.25) is 0 Å². The molecule has 0 aliphatic carbocycles. The third-order valence-corrected chi connectivity index (χ3v) is 2.25. The molecule has 0 unspecified atom stereocenters. The molecule has 0 heterocycles. The minimum atomic E-state index is -0.457. The summed E-state index contributed by atoms with van der Waals surface area (Å²) in [5, 5.41) is 11.9. The molecule has 15 heavy (non-hydrogen) atoms. The molecule has 2 nitrogen and oxygen atoms in total. The van der Waals surface area contributed by atoms with E-state index in [0.717, 1.165) is 0 Å². The van der Waals surface area contributed by atoms with Crippen LogP contribution in [0.4, 0.5) is 10.1 Å². The average Bonchev–Trinajstić information content (AvgIpc) is 2.20. The number of hydrogen-bond donors (Lipinski definition) is 1. The van der Waals surface area contributed by atoms with Crippen LogP contribution in [-0.4, -0.2) is 6.54 Å². The van der Waals surface area contributed by atoms with Crippen LogP contribution in [0.1, 0.15) is 13.8 Å². The molecule has 0 fully saturated rings. The van der Waals surface area contributed by atoms with E-state index in [1.807, 2.05) is 13.8 Å². The van der Waals surface area contributed by atoms with Crippen LogP contribution in [0.25, 0.3) is 0 Å². The Kier molecular flexibility index (Phi) is 3.54. The van der Waals surface area contributed by atoms with Crippen molar-refractivity contribution in [3.63, 3.8) is 0 Å². The Morgan fingerprint density at radius 1 is 1.53 bits per heavy atom. The van der Waals surface area contributed by atoms with Crippen LogP contribution in [0.2, 0.25) is 5.02 Å². The molecule has 0 spiro atoms. The molecular formula is C11H12ClFN2. The summed E-state index contributed by atoms with van der Waals surface area (Å²) in [6, 6.07) is 6.56. The smallest absolute Gasteiger partial charge is 0.141 e. The second-order valence-corrected chi connectivity index (χ2v) is 4.39. The van der Waals surface area contributed by atoms with Crippen LogP contribution in [0.5, 0.6) is 0 Å². The van der Waals surface area contributed by atoms with Gasteiger partial charge in [-0.25, -0.2) is 4.39 Å². The zero-order chi connectivity index (χ0) is 11.5. The van der Waals surface area contributed by atoms with Gasteiger partial charge in [-0.2, -0.15) is 5.26 Å². The second-order valence-electron chi connectivity index (χ2n) is 3.98. The van der Waals surface area contributed by atoms with Crippen molar-refractivity contribution >= 4 is 17.3 Å². The predicted molar refractivity (Wildman–Crippen MR) is 59.3 cm³/mol. The molecule has 1 aromatic carbocycles. The van der Waals surface area contributed by atoms with Crippen molar-refractivity contribution in [2.75, 3.05) is 11.9 Å². The van der Waals surface area contributed by atoms with Crippen molar-refractivity contribution in [1.82, 2.24) is 0 Å². The number of nitriles is 1. The van der Waals surface area contributed by atoms with E-state index in [4.69, 9.17) is 16.9 Å². The molecule has 80 valence electrons. The lowest BCUT2D eigenvalue weighted by Crippen LogP contribution is -2.20. The zero-order valence-electron chi connectivity index (χ0n) is 8.64. The van der Waals surface area contributed by atoms with Gasteiger partial charge in [0.05, 0.1) is 16.5 Å². The third kappa shape index (κ3) is 3.41. The lowest BCUT2D eigenvalue weighted by molar-refractivity contribution is 0.529. The highest BCUT2D eigenvalue weighted by molar-refractivity contribution is 6.31. The van der Waals surface area contributed by atoms with Gasteiger partial charge in [0, 0.05) is 12.2 Å².